The number of halogens is 3. The molecule has 0 bridgehead atoms. The number of nitrogens with two attached hydrogens (primary N) is 1. The van der Waals surface area contributed by atoms with Crippen LogP contribution in [0.25, 0.3) is 11.3 Å². The number of nitrogens with one attached hydrogen (secondary N) is 1. The second-order valence-corrected chi connectivity index (χ2v) is 10.7. The molecule has 11 heteroatoms. The molecule has 1 aliphatic carbocycles. The number of nitrogens with zero attached hydrogens (tertiary/aromatic N) is 3. The van der Waals surface area contributed by atoms with Crippen LogP contribution in [0.1, 0.15) is 48.7 Å². The number of aromatic nitrogens is 2. The van der Waals surface area contributed by atoms with Gasteiger partial charge in [-0.2, -0.15) is 0 Å². The lowest BCUT2D eigenvalue weighted by Crippen LogP contribution is -2.54. The van der Waals surface area contributed by atoms with Crippen molar-refractivity contribution in [3.05, 3.63) is 71.4 Å². The summed E-state index contributed by atoms with van der Waals surface area (Å²) in [5.74, 6) is -3.77. The summed E-state index contributed by atoms with van der Waals surface area (Å²) in [6.07, 6.45) is 4.24. The largest absolute Gasteiger partial charge is 0.388 e. The Morgan fingerprint density at radius 2 is 1.82 bits per heavy atom. The molecule has 1 amide bonds. The smallest absolute Gasteiger partial charge is 0.274 e. The number of pyridine rings is 2. The normalized spacial score (nSPS) is 25.1. The van der Waals surface area contributed by atoms with Gasteiger partial charge in [-0.05, 0) is 67.5 Å². The van der Waals surface area contributed by atoms with E-state index in [1.165, 1.54) is 6.20 Å². The van der Waals surface area contributed by atoms with Gasteiger partial charge < -0.3 is 25.8 Å². The highest BCUT2D eigenvalue weighted by Gasteiger charge is 2.42. The molecule has 1 saturated carbocycles. The number of morpholine rings is 1. The molecule has 5 rings (SSSR count). The first kappa shape index (κ1) is 28.0. The van der Waals surface area contributed by atoms with E-state index < -0.39 is 46.3 Å². The molecular weight excluding hydrogens is 523 g/mol. The van der Waals surface area contributed by atoms with Crippen LogP contribution in [0.4, 0.5) is 24.5 Å². The third-order valence-electron chi connectivity index (χ3n) is 8.19. The van der Waals surface area contributed by atoms with Gasteiger partial charge in [0.2, 0.25) is 0 Å². The number of rotatable bonds is 5. The van der Waals surface area contributed by atoms with Crippen LogP contribution in [-0.2, 0) is 4.74 Å². The van der Waals surface area contributed by atoms with Crippen LogP contribution in [0, 0.1) is 23.4 Å². The van der Waals surface area contributed by atoms with E-state index in [0.29, 0.717) is 50.5 Å². The van der Waals surface area contributed by atoms with Crippen molar-refractivity contribution in [1.29, 1.82) is 0 Å². The number of ether oxygens (including phenoxy) is 1. The molecule has 4 N–H and O–H groups in total. The zero-order valence-corrected chi connectivity index (χ0v) is 22.3. The number of carbonyl (C=O) groups is 1. The fourth-order valence-electron chi connectivity index (χ4n) is 5.51. The average Bonchev–Trinajstić information content (AvgIpc) is 2.93. The molecule has 2 aromatic heterocycles. The van der Waals surface area contributed by atoms with Gasteiger partial charge in [0.15, 0.2) is 0 Å². The number of aliphatic hydroxyl groups is 1. The Kier molecular flexibility index (Phi) is 7.80. The van der Waals surface area contributed by atoms with Crippen molar-refractivity contribution in [3.63, 3.8) is 0 Å². The molecule has 8 nitrogen and oxygen atoms in total. The molecule has 0 radical (unpaired) electrons. The third-order valence-corrected chi connectivity index (χ3v) is 8.19. The maximum absolute atomic E-state index is 15.1. The summed E-state index contributed by atoms with van der Waals surface area (Å²) in [6.45, 7) is 5.48. The van der Waals surface area contributed by atoms with E-state index in [1.807, 2.05) is 6.92 Å². The topological polar surface area (TPSA) is 114 Å². The SMILES string of the molecule is C[C@H]1C[C@@H](c2ccncc2NC(=O)c2ccc(F)c(-c3c(F)cc(N4CCOCC4)cc3F)n2)C[C@@H](N)[C@]1(C)O. The number of anilines is 2. The van der Waals surface area contributed by atoms with Crippen LogP contribution in [0.15, 0.2) is 42.7 Å². The highest BCUT2D eigenvalue weighted by Crippen LogP contribution is 2.43. The summed E-state index contributed by atoms with van der Waals surface area (Å²) >= 11 is 0. The van der Waals surface area contributed by atoms with Gasteiger partial charge in [-0.15, -0.1) is 0 Å². The summed E-state index contributed by atoms with van der Waals surface area (Å²) in [4.78, 5) is 23.1. The first-order valence-corrected chi connectivity index (χ1v) is 13.3. The van der Waals surface area contributed by atoms with E-state index in [1.54, 1.807) is 24.1 Å². The van der Waals surface area contributed by atoms with Gasteiger partial charge in [0.05, 0.1) is 36.3 Å². The van der Waals surface area contributed by atoms with E-state index in [-0.39, 0.29) is 17.5 Å². The predicted molar refractivity (Wildman–Crippen MR) is 145 cm³/mol. The van der Waals surface area contributed by atoms with Gasteiger partial charge in [-0.25, -0.2) is 18.2 Å². The van der Waals surface area contributed by atoms with E-state index in [4.69, 9.17) is 10.5 Å². The average molecular weight is 556 g/mol. The second kappa shape index (κ2) is 11.1. The Morgan fingerprint density at radius 3 is 2.50 bits per heavy atom. The fraction of sp³-hybridized carbons (Fsp3) is 0.414. The molecule has 2 fully saturated rings. The monoisotopic (exact) mass is 555 g/mol. The van der Waals surface area contributed by atoms with Crippen LogP contribution < -0.4 is 16.0 Å². The van der Waals surface area contributed by atoms with Crippen molar-refractivity contribution in [3.8, 4) is 11.3 Å². The molecule has 40 heavy (non-hydrogen) atoms. The van der Waals surface area contributed by atoms with Crippen LogP contribution in [0.3, 0.4) is 0 Å². The maximum atomic E-state index is 15.1. The number of amides is 1. The molecule has 1 saturated heterocycles. The molecule has 1 aromatic carbocycles. The van der Waals surface area contributed by atoms with Crippen molar-refractivity contribution in [2.75, 3.05) is 36.5 Å². The van der Waals surface area contributed by atoms with E-state index >= 15 is 8.78 Å². The number of benzene rings is 1. The lowest BCUT2D eigenvalue weighted by molar-refractivity contribution is -0.0463. The van der Waals surface area contributed by atoms with E-state index in [0.717, 1.165) is 29.8 Å². The van der Waals surface area contributed by atoms with Crippen molar-refractivity contribution in [2.24, 2.45) is 11.7 Å². The van der Waals surface area contributed by atoms with Crippen molar-refractivity contribution in [1.82, 2.24) is 9.97 Å². The summed E-state index contributed by atoms with van der Waals surface area (Å²) < 4.78 is 50.4. The van der Waals surface area contributed by atoms with Crippen molar-refractivity contribution >= 4 is 17.3 Å². The highest BCUT2D eigenvalue weighted by molar-refractivity contribution is 6.03. The minimum atomic E-state index is -1.01. The van der Waals surface area contributed by atoms with Gasteiger partial charge in [0.25, 0.3) is 5.91 Å². The Hall–Kier alpha value is -3.54. The summed E-state index contributed by atoms with van der Waals surface area (Å²) in [7, 11) is 0. The highest BCUT2D eigenvalue weighted by atomic mass is 19.1. The fourth-order valence-corrected chi connectivity index (χ4v) is 5.51. The first-order valence-electron chi connectivity index (χ1n) is 13.3. The van der Waals surface area contributed by atoms with Gasteiger partial charge in [0, 0.05) is 31.0 Å². The molecule has 4 atom stereocenters. The van der Waals surface area contributed by atoms with Gasteiger partial charge in [0.1, 0.15) is 28.8 Å². The van der Waals surface area contributed by atoms with Gasteiger partial charge >= 0.3 is 0 Å². The Balaban J connectivity index is 1.41. The first-order chi connectivity index (χ1) is 19.1. The lowest BCUT2D eigenvalue weighted by Gasteiger charge is -2.44. The molecular formula is C29H32F3N5O3. The minimum Gasteiger partial charge on any atom is -0.388 e. The van der Waals surface area contributed by atoms with Crippen LogP contribution in [0.5, 0.6) is 0 Å². The maximum Gasteiger partial charge on any atom is 0.274 e. The zero-order chi connectivity index (χ0) is 28.6. The summed E-state index contributed by atoms with van der Waals surface area (Å²) in [5, 5.41) is 13.5. The summed E-state index contributed by atoms with van der Waals surface area (Å²) in [5.41, 5.74) is 5.31. The van der Waals surface area contributed by atoms with Crippen LogP contribution >= 0.6 is 0 Å². The molecule has 0 spiro atoms. The minimum absolute atomic E-state index is 0.0477. The third kappa shape index (κ3) is 5.41. The van der Waals surface area contributed by atoms with E-state index in [2.05, 4.69) is 15.3 Å². The number of carbonyl (C=O) groups excluding carboxylic acids is 1. The Bertz CT molecular complexity index is 1380. The van der Waals surface area contributed by atoms with Crippen molar-refractivity contribution < 1.29 is 27.8 Å². The van der Waals surface area contributed by atoms with Crippen molar-refractivity contribution in [2.45, 2.75) is 44.2 Å². The molecule has 3 aromatic rings. The van der Waals surface area contributed by atoms with Gasteiger partial charge in [-0.3, -0.25) is 9.78 Å². The van der Waals surface area contributed by atoms with E-state index in [9.17, 15) is 14.3 Å². The predicted octanol–water partition coefficient (Wildman–Crippen LogP) is 4.24. The van der Waals surface area contributed by atoms with Crippen LogP contribution in [0.2, 0.25) is 0 Å². The molecule has 3 heterocycles. The summed E-state index contributed by atoms with van der Waals surface area (Å²) in [6, 6.07) is 5.69. The molecule has 212 valence electrons. The lowest BCUT2D eigenvalue weighted by atomic mass is 9.68. The second-order valence-electron chi connectivity index (χ2n) is 10.7. The zero-order valence-electron chi connectivity index (χ0n) is 22.3. The van der Waals surface area contributed by atoms with Crippen LogP contribution in [-0.4, -0.2) is 58.9 Å². The Labute approximate surface area is 230 Å². The van der Waals surface area contributed by atoms with Gasteiger partial charge in [-0.1, -0.05) is 6.92 Å². The number of hydrogen-bond acceptors (Lipinski definition) is 7. The Morgan fingerprint density at radius 1 is 1.12 bits per heavy atom. The standard InChI is InChI=1S/C29H32F3N5O3/c1-16-11-17(12-25(33)29(16,2)39)19-5-6-34-15-24(19)36-28(38)23-4-3-20(30)27(35-23)26-21(31)13-18(14-22(26)32)37-7-9-40-10-8-37/h3-6,13-17,25,39H,7-12,33H2,1-2H3,(H,36,38)/t16-,17+,25+,29+/m0/s1. The number of hydrogen-bond donors (Lipinski definition) is 3. The molecule has 1 aliphatic heterocycles. The quantitative estimate of drug-likeness (QED) is 0.432. The molecule has 2 aliphatic rings. The molecule has 0 unspecified atom stereocenters.